The minimum Gasteiger partial charge on any atom is -0.329 e. The fourth-order valence-electron chi connectivity index (χ4n) is 0.372. The lowest BCUT2D eigenvalue weighted by molar-refractivity contribution is 0.828. The maximum atomic E-state index is 5.37. The molecule has 0 aromatic heterocycles. The average Bonchev–Trinajstić information content (AvgIpc) is 1.35. The molecule has 1 nitrogen and oxygen atoms in total. The highest BCUT2D eigenvalue weighted by molar-refractivity contribution is 6.33. The van der Waals surface area contributed by atoms with Crippen molar-refractivity contribution in [1.29, 1.82) is 0 Å². The Bertz CT molecular complexity index is 28.7. The summed E-state index contributed by atoms with van der Waals surface area (Å²) in [5.41, 5.74) is 5.37. The van der Waals surface area contributed by atoms with Crippen LogP contribution in [0.15, 0.2) is 0 Å². The van der Waals surface area contributed by atoms with Crippen LogP contribution in [0, 0.1) is 0 Å². The van der Waals surface area contributed by atoms with E-state index in [0.717, 1.165) is 6.32 Å². The van der Waals surface area contributed by atoms with Gasteiger partial charge in [0.15, 0.2) is 0 Å². The van der Waals surface area contributed by atoms with Crippen LogP contribution in [0.5, 0.6) is 0 Å². The Balaban J connectivity index is 2.63. The van der Waals surface area contributed by atoms with Crippen molar-refractivity contribution in [2.75, 3.05) is 0 Å². The zero-order chi connectivity index (χ0) is 4.99. The van der Waals surface area contributed by atoms with Crippen LogP contribution in [0.3, 0.4) is 0 Å². The third-order valence-electron chi connectivity index (χ3n) is 0.607. The van der Waals surface area contributed by atoms with E-state index in [1.807, 2.05) is 13.7 Å². The van der Waals surface area contributed by atoms with Crippen LogP contribution in [0.2, 0.25) is 13.1 Å². The predicted molar refractivity (Wildman–Crippen MR) is 30.1 cm³/mol. The van der Waals surface area contributed by atoms with E-state index in [2.05, 4.69) is 7.28 Å². The summed E-state index contributed by atoms with van der Waals surface area (Å²) in [6.07, 6.45) is 1.03. The van der Waals surface area contributed by atoms with Crippen molar-refractivity contribution in [2.45, 2.75) is 26.1 Å². The third-order valence-corrected chi connectivity index (χ3v) is 0.607. The van der Waals surface area contributed by atoms with Crippen molar-refractivity contribution in [3.8, 4) is 0 Å². The number of nitrogens with two attached hydrogens (primary N) is 1. The number of hydrogen-bond acceptors (Lipinski definition) is 1. The highest BCUT2D eigenvalue weighted by atomic mass is 14.6. The van der Waals surface area contributed by atoms with Gasteiger partial charge in [-0.25, -0.2) is 0 Å². The second-order valence-electron chi connectivity index (χ2n) is 1.62. The van der Waals surface area contributed by atoms with Crippen LogP contribution >= 0.6 is 0 Å². The Hall–Kier alpha value is 0.0249. The zero-order valence-electron chi connectivity index (χ0n) is 4.44. The van der Waals surface area contributed by atoms with Crippen molar-refractivity contribution in [1.82, 2.24) is 0 Å². The van der Waals surface area contributed by atoms with E-state index in [4.69, 9.17) is 5.73 Å². The maximum Gasteiger partial charge on any atom is 0.107 e. The minimum absolute atomic E-state index is 0.343. The molecule has 0 amide bonds. The molecule has 0 saturated heterocycles. The molecule has 0 saturated carbocycles. The van der Waals surface area contributed by atoms with E-state index in [9.17, 15) is 0 Å². The Labute approximate surface area is 40.2 Å². The van der Waals surface area contributed by atoms with E-state index in [0.29, 0.717) is 6.04 Å². The normalized spacial score (nSPS) is 13.8. The largest absolute Gasteiger partial charge is 0.329 e. The molecule has 0 aliphatic carbocycles. The topological polar surface area (TPSA) is 26.0 Å². The maximum absolute atomic E-state index is 5.37. The van der Waals surface area contributed by atoms with Crippen LogP contribution in [-0.2, 0) is 0 Å². The van der Waals surface area contributed by atoms with Crippen LogP contribution in [0.1, 0.15) is 6.92 Å². The van der Waals surface area contributed by atoms with E-state index in [1.165, 1.54) is 0 Å². The lowest BCUT2D eigenvalue weighted by atomic mass is 9.75. The minimum atomic E-state index is 0.343. The number of rotatable bonds is 2. The first kappa shape index (κ1) is 6.02. The van der Waals surface area contributed by atoms with E-state index < -0.39 is 0 Å². The van der Waals surface area contributed by atoms with Gasteiger partial charge >= 0.3 is 0 Å². The van der Waals surface area contributed by atoms with Gasteiger partial charge in [-0.3, -0.25) is 0 Å². The SMILES string of the molecule is C[B]C[C@@H](C)N. The molecule has 2 heteroatoms. The van der Waals surface area contributed by atoms with Gasteiger partial charge in [-0.1, -0.05) is 20.1 Å². The van der Waals surface area contributed by atoms with Crippen molar-refractivity contribution < 1.29 is 0 Å². The summed E-state index contributed by atoms with van der Waals surface area (Å²) in [5, 5.41) is 0. The summed E-state index contributed by atoms with van der Waals surface area (Å²) in [5.74, 6) is 0. The Kier molecular flexibility index (Phi) is 3.24. The monoisotopic (exact) mass is 84.1 g/mol. The van der Waals surface area contributed by atoms with Crippen LogP contribution in [0.4, 0.5) is 0 Å². The fourth-order valence-corrected chi connectivity index (χ4v) is 0.372. The first-order chi connectivity index (χ1) is 2.77. The molecule has 0 heterocycles. The molecule has 0 aromatic rings. The van der Waals surface area contributed by atoms with Gasteiger partial charge in [0.2, 0.25) is 0 Å². The van der Waals surface area contributed by atoms with E-state index in [1.54, 1.807) is 0 Å². The molecule has 1 atom stereocenters. The quantitative estimate of drug-likeness (QED) is 0.484. The molecule has 0 bridgehead atoms. The van der Waals surface area contributed by atoms with Crippen molar-refractivity contribution in [3.63, 3.8) is 0 Å². The summed E-state index contributed by atoms with van der Waals surface area (Å²) in [6, 6.07) is 0.343. The fraction of sp³-hybridized carbons (Fsp3) is 1.00. The molecule has 1 radical (unpaired) electrons. The molecular weight excluding hydrogens is 72.9 g/mol. The molecule has 0 aliphatic heterocycles. The summed E-state index contributed by atoms with van der Waals surface area (Å²) in [4.78, 5) is 0. The predicted octanol–water partition coefficient (Wildman–Crippen LogP) is 0.504. The molecule has 0 aromatic carbocycles. The van der Waals surface area contributed by atoms with Gasteiger partial charge in [0, 0.05) is 0 Å². The highest BCUT2D eigenvalue weighted by Gasteiger charge is 1.86. The molecule has 0 aliphatic rings. The van der Waals surface area contributed by atoms with Crippen molar-refractivity contribution >= 4 is 7.28 Å². The van der Waals surface area contributed by atoms with Gasteiger partial charge in [0.25, 0.3) is 0 Å². The zero-order valence-corrected chi connectivity index (χ0v) is 4.44. The average molecular weight is 84.0 g/mol. The highest BCUT2D eigenvalue weighted by Crippen LogP contribution is 1.81. The van der Waals surface area contributed by atoms with Crippen LogP contribution in [0.25, 0.3) is 0 Å². The van der Waals surface area contributed by atoms with Gasteiger partial charge in [-0.15, -0.1) is 0 Å². The first-order valence-corrected chi connectivity index (χ1v) is 2.30. The van der Waals surface area contributed by atoms with Crippen LogP contribution in [-0.4, -0.2) is 13.3 Å². The second-order valence-corrected chi connectivity index (χ2v) is 1.62. The standard InChI is InChI=1S/C4H11BN/c1-4(6)3-5-2/h4H,3,6H2,1-2H3/t4-/m1/s1. The van der Waals surface area contributed by atoms with Crippen molar-refractivity contribution in [3.05, 3.63) is 0 Å². The Morgan fingerprint density at radius 2 is 2.33 bits per heavy atom. The smallest absolute Gasteiger partial charge is 0.107 e. The summed E-state index contributed by atoms with van der Waals surface area (Å²) < 4.78 is 0. The van der Waals surface area contributed by atoms with Gasteiger partial charge in [0.05, 0.1) is 0 Å². The molecule has 6 heavy (non-hydrogen) atoms. The second kappa shape index (κ2) is 3.22. The number of hydrogen-bond donors (Lipinski definition) is 1. The molecule has 2 N–H and O–H groups in total. The van der Waals surface area contributed by atoms with Gasteiger partial charge in [-0.05, 0) is 6.04 Å². The summed E-state index contributed by atoms with van der Waals surface area (Å²) in [6.45, 7) is 4.02. The lowest BCUT2D eigenvalue weighted by Gasteiger charge is -1.95. The lowest BCUT2D eigenvalue weighted by Crippen LogP contribution is -2.15. The Morgan fingerprint density at radius 1 is 1.83 bits per heavy atom. The van der Waals surface area contributed by atoms with Gasteiger partial charge in [0.1, 0.15) is 7.28 Å². The first-order valence-electron chi connectivity index (χ1n) is 2.30. The van der Waals surface area contributed by atoms with Gasteiger partial charge in [-0.2, -0.15) is 0 Å². The molecule has 0 fully saturated rings. The van der Waals surface area contributed by atoms with E-state index >= 15 is 0 Å². The van der Waals surface area contributed by atoms with Crippen LogP contribution < -0.4 is 5.73 Å². The molecular formula is C4H11BN. The van der Waals surface area contributed by atoms with Crippen molar-refractivity contribution in [2.24, 2.45) is 5.73 Å². The molecule has 0 unspecified atom stereocenters. The van der Waals surface area contributed by atoms with E-state index in [-0.39, 0.29) is 0 Å². The molecule has 35 valence electrons. The summed E-state index contributed by atoms with van der Waals surface area (Å²) >= 11 is 0. The molecule has 0 spiro atoms. The third kappa shape index (κ3) is 4.02. The van der Waals surface area contributed by atoms with Gasteiger partial charge < -0.3 is 5.73 Å². The Morgan fingerprint density at radius 3 is 2.33 bits per heavy atom. The molecule has 0 rings (SSSR count). The summed E-state index contributed by atoms with van der Waals surface area (Å²) in [7, 11) is 2.07.